The summed E-state index contributed by atoms with van der Waals surface area (Å²) in [5.41, 5.74) is 0. The van der Waals surface area contributed by atoms with Crippen LogP contribution in [-0.2, 0) is 0 Å². The second-order valence-corrected chi connectivity index (χ2v) is 5.45. The Hall–Kier alpha value is -0.460. The Bertz CT molecular complexity index is 235. The van der Waals surface area contributed by atoms with Gasteiger partial charge in [0.15, 0.2) is 0 Å². The van der Waals surface area contributed by atoms with Crippen molar-refractivity contribution in [3.63, 3.8) is 0 Å². The Labute approximate surface area is 103 Å². The van der Waals surface area contributed by atoms with E-state index in [-0.39, 0.29) is 5.92 Å². The van der Waals surface area contributed by atoms with Crippen LogP contribution < -0.4 is 5.32 Å². The van der Waals surface area contributed by atoms with E-state index in [1.54, 1.807) is 0 Å². The van der Waals surface area contributed by atoms with E-state index in [4.69, 9.17) is 5.26 Å². The molecule has 0 aliphatic heterocycles. The molecule has 2 unspecified atom stereocenters. The molecule has 0 bridgehead atoms. The van der Waals surface area contributed by atoms with E-state index >= 15 is 0 Å². The first kappa shape index (κ1) is 13.6. The van der Waals surface area contributed by atoms with Crippen molar-refractivity contribution in [1.29, 1.82) is 5.26 Å². The van der Waals surface area contributed by atoms with Crippen molar-refractivity contribution in [2.24, 2.45) is 5.92 Å². The number of nitrogens with one attached hydrogen (secondary N) is 1. The highest BCUT2D eigenvalue weighted by Gasteiger charge is 2.22. The summed E-state index contributed by atoms with van der Waals surface area (Å²) < 4.78 is 0. The van der Waals surface area contributed by atoms with Crippen LogP contribution in [0.5, 0.6) is 0 Å². The van der Waals surface area contributed by atoms with Crippen LogP contribution in [0.1, 0.15) is 32.1 Å². The van der Waals surface area contributed by atoms with Gasteiger partial charge in [0.05, 0.1) is 12.0 Å². The molecule has 1 fully saturated rings. The van der Waals surface area contributed by atoms with Gasteiger partial charge in [-0.1, -0.05) is 25.3 Å². The van der Waals surface area contributed by atoms with E-state index in [1.807, 2.05) is 17.8 Å². The molecule has 0 heterocycles. The SMILES string of the molecule is C=CCSCCNC1CCCCCC1C#N. The fourth-order valence-corrected chi connectivity index (χ4v) is 2.79. The molecule has 90 valence electrons. The van der Waals surface area contributed by atoms with Crippen LogP contribution >= 0.6 is 11.8 Å². The fourth-order valence-electron chi connectivity index (χ4n) is 2.19. The van der Waals surface area contributed by atoms with Gasteiger partial charge in [-0.25, -0.2) is 0 Å². The maximum Gasteiger partial charge on any atom is 0.0672 e. The van der Waals surface area contributed by atoms with Gasteiger partial charge < -0.3 is 5.32 Å². The maximum absolute atomic E-state index is 9.12. The zero-order valence-electron chi connectivity index (χ0n) is 9.95. The van der Waals surface area contributed by atoms with Gasteiger partial charge in [-0.3, -0.25) is 0 Å². The van der Waals surface area contributed by atoms with Crippen LogP contribution in [0.15, 0.2) is 12.7 Å². The van der Waals surface area contributed by atoms with E-state index in [0.717, 1.165) is 24.5 Å². The number of nitrogens with zero attached hydrogens (tertiary/aromatic N) is 1. The number of thioether (sulfide) groups is 1. The lowest BCUT2D eigenvalue weighted by atomic mass is 9.96. The first-order valence-corrected chi connectivity index (χ1v) is 7.35. The van der Waals surface area contributed by atoms with Crippen LogP contribution in [0, 0.1) is 17.2 Å². The van der Waals surface area contributed by atoms with Crippen LogP contribution in [0.25, 0.3) is 0 Å². The third-order valence-electron chi connectivity index (χ3n) is 3.07. The molecule has 16 heavy (non-hydrogen) atoms. The van der Waals surface area contributed by atoms with Gasteiger partial charge in [-0.05, 0) is 12.8 Å². The molecule has 0 aromatic rings. The average molecular weight is 238 g/mol. The molecule has 2 atom stereocenters. The molecule has 0 saturated heterocycles. The average Bonchev–Trinajstić information content (AvgIpc) is 2.53. The number of nitriles is 1. The lowest BCUT2D eigenvalue weighted by Crippen LogP contribution is -2.36. The summed E-state index contributed by atoms with van der Waals surface area (Å²) >= 11 is 1.89. The molecule has 1 N–H and O–H groups in total. The molecule has 0 spiro atoms. The third kappa shape index (κ3) is 5.05. The largest absolute Gasteiger partial charge is 0.312 e. The lowest BCUT2D eigenvalue weighted by Gasteiger charge is -2.20. The highest BCUT2D eigenvalue weighted by molar-refractivity contribution is 7.99. The lowest BCUT2D eigenvalue weighted by molar-refractivity contribution is 0.405. The first-order chi connectivity index (χ1) is 7.88. The Balaban J connectivity index is 2.21. The minimum atomic E-state index is 0.229. The highest BCUT2D eigenvalue weighted by Crippen LogP contribution is 2.22. The molecule has 2 nitrogen and oxygen atoms in total. The van der Waals surface area contributed by atoms with Crippen LogP contribution in [0.4, 0.5) is 0 Å². The Morgan fingerprint density at radius 3 is 2.94 bits per heavy atom. The zero-order valence-corrected chi connectivity index (χ0v) is 10.8. The summed E-state index contributed by atoms with van der Waals surface area (Å²) in [5.74, 6) is 2.36. The molecule has 3 heteroatoms. The fraction of sp³-hybridized carbons (Fsp3) is 0.769. The smallest absolute Gasteiger partial charge is 0.0672 e. The van der Waals surface area contributed by atoms with Gasteiger partial charge in [0.2, 0.25) is 0 Å². The second kappa shape index (κ2) is 8.66. The monoisotopic (exact) mass is 238 g/mol. The van der Waals surface area contributed by atoms with Gasteiger partial charge in [0, 0.05) is 24.1 Å². The number of hydrogen-bond donors (Lipinski definition) is 1. The Morgan fingerprint density at radius 2 is 2.19 bits per heavy atom. The van der Waals surface area contributed by atoms with E-state index in [9.17, 15) is 0 Å². The minimum Gasteiger partial charge on any atom is -0.312 e. The number of rotatable bonds is 6. The highest BCUT2D eigenvalue weighted by atomic mass is 32.2. The molecule has 0 aromatic heterocycles. The van der Waals surface area contributed by atoms with Gasteiger partial charge in [0.1, 0.15) is 0 Å². The van der Waals surface area contributed by atoms with Crippen molar-refractivity contribution < 1.29 is 0 Å². The van der Waals surface area contributed by atoms with Crippen LogP contribution in [0.3, 0.4) is 0 Å². The molecular weight excluding hydrogens is 216 g/mol. The van der Waals surface area contributed by atoms with Gasteiger partial charge in [0.25, 0.3) is 0 Å². The van der Waals surface area contributed by atoms with Crippen LogP contribution in [0.2, 0.25) is 0 Å². The predicted octanol–water partition coefficient (Wildman–Crippen LogP) is 2.97. The first-order valence-electron chi connectivity index (χ1n) is 6.20. The van der Waals surface area contributed by atoms with E-state index in [1.165, 1.54) is 25.7 Å². The quantitative estimate of drug-likeness (QED) is 0.439. The van der Waals surface area contributed by atoms with Crippen molar-refractivity contribution in [1.82, 2.24) is 5.32 Å². The van der Waals surface area contributed by atoms with Crippen molar-refractivity contribution in [2.75, 3.05) is 18.1 Å². The molecule has 1 aliphatic carbocycles. The van der Waals surface area contributed by atoms with E-state index < -0.39 is 0 Å². The molecule has 0 aromatic carbocycles. The Kier molecular flexibility index (Phi) is 7.37. The third-order valence-corrected chi connectivity index (χ3v) is 4.03. The van der Waals surface area contributed by atoms with Crippen molar-refractivity contribution in [2.45, 2.75) is 38.1 Å². The molecular formula is C13H22N2S. The van der Waals surface area contributed by atoms with Gasteiger partial charge in [-0.15, -0.1) is 6.58 Å². The van der Waals surface area contributed by atoms with Crippen molar-refractivity contribution in [3.05, 3.63) is 12.7 Å². The Morgan fingerprint density at radius 1 is 1.38 bits per heavy atom. The summed E-state index contributed by atoms with van der Waals surface area (Å²) in [7, 11) is 0. The van der Waals surface area contributed by atoms with Crippen LogP contribution in [-0.4, -0.2) is 24.1 Å². The van der Waals surface area contributed by atoms with E-state index in [0.29, 0.717) is 6.04 Å². The minimum absolute atomic E-state index is 0.229. The van der Waals surface area contributed by atoms with Gasteiger partial charge in [-0.2, -0.15) is 17.0 Å². The van der Waals surface area contributed by atoms with Crippen molar-refractivity contribution in [3.8, 4) is 6.07 Å². The molecule has 0 radical (unpaired) electrons. The summed E-state index contributed by atoms with van der Waals surface area (Å²) in [4.78, 5) is 0. The molecule has 1 rings (SSSR count). The normalized spacial score (nSPS) is 25.7. The predicted molar refractivity (Wildman–Crippen MR) is 71.5 cm³/mol. The molecule has 1 saturated carbocycles. The maximum atomic E-state index is 9.12. The standard InChI is InChI=1S/C13H22N2S/c1-2-9-16-10-8-15-13-7-5-3-4-6-12(13)11-14/h2,12-13,15H,1,3-10H2. The topological polar surface area (TPSA) is 35.8 Å². The summed E-state index contributed by atoms with van der Waals surface area (Å²) in [6.07, 6.45) is 7.98. The summed E-state index contributed by atoms with van der Waals surface area (Å²) in [6, 6.07) is 2.89. The molecule has 1 aliphatic rings. The zero-order chi connectivity index (χ0) is 11.6. The molecule has 0 amide bonds. The van der Waals surface area contributed by atoms with Crippen molar-refractivity contribution >= 4 is 11.8 Å². The second-order valence-electron chi connectivity index (χ2n) is 4.30. The summed E-state index contributed by atoms with van der Waals surface area (Å²) in [5, 5.41) is 12.7. The van der Waals surface area contributed by atoms with E-state index in [2.05, 4.69) is 18.0 Å². The summed E-state index contributed by atoms with van der Waals surface area (Å²) in [6.45, 7) is 4.72. The number of hydrogen-bond acceptors (Lipinski definition) is 3. The van der Waals surface area contributed by atoms with Gasteiger partial charge >= 0.3 is 0 Å².